The molecule has 0 radical (unpaired) electrons. The van der Waals surface area contributed by atoms with Crippen molar-refractivity contribution in [3.63, 3.8) is 0 Å². The van der Waals surface area contributed by atoms with E-state index in [0.29, 0.717) is 4.88 Å². The van der Waals surface area contributed by atoms with Crippen molar-refractivity contribution >= 4 is 33.7 Å². The Morgan fingerprint density at radius 2 is 2.00 bits per heavy atom. The molecule has 0 atom stereocenters. The Hall–Kier alpha value is -1.92. The van der Waals surface area contributed by atoms with E-state index < -0.39 is 0 Å². The molecule has 6 heteroatoms. The van der Waals surface area contributed by atoms with Crippen LogP contribution >= 0.6 is 23.1 Å². The van der Waals surface area contributed by atoms with E-state index in [1.165, 1.54) is 27.5 Å². The van der Waals surface area contributed by atoms with E-state index in [1.54, 1.807) is 12.3 Å². The average Bonchev–Trinajstić information content (AvgIpc) is 2.90. The van der Waals surface area contributed by atoms with Crippen molar-refractivity contribution in [2.45, 2.75) is 18.5 Å². The number of pyridine rings is 2. The van der Waals surface area contributed by atoms with Crippen LogP contribution in [0.5, 0.6) is 5.88 Å². The second-order valence-electron chi connectivity index (χ2n) is 4.68. The van der Waals surface area contributed by atoms with Gasteiger partial charge >= 0.3 is 0 Å². The highest BCUT2D eigenvalue weighted by atomic mass is 32.2. The molecule has 0 aliphatic carbocycles. The Labute approximate surface area is 136 Å². The fourth-order valence-electron chi connectivity index (χ4n) is 2.17. The molecule has 3 rings (SSSR count). The highest BCUT2D eigenvalue weighted by molar-refractivity contribution is 7.99. The van der Waals surface area contributed by atoms with Crippen molar-refractivity contribution in [3.8, 4) is 5.88 Å². The average molecular weight is 331 g/mol. The van der Waals surface area contributed by atoms with Crippen molar-refractivity contribution in [2.75, 3.05) is 5.75 Å². The third-order valence-electron chi connectivity index (χ3n) is 3.29. The van der Waals surface area contributed by atoms with Gasteiger partial charge in [0.05, 0.1) is 5.75 Å². The van der Waals surface area contributed by atoms with Crippen LogP contribution in [-0.4, -0.2) is 11.5 Å². The summed E-state index contributed by atoms with van der Waals surface area (Å²) in [6.07, 6.45) is 3.68. The maximum Gasteiger partial charge on any atom is 0.267 e. The maximum atomic E-state index is 12.4. The lowest BCUT2D eigenvalue weighted by molar-refractivity contribution is -0.729. The van der Waals surface area contributed by atoms with Gasteiger partial charge in [0.25, 0.3) is 4.83 Å². The van der Waals surface area contributed by atoms with Crippen LogP contribution in [0.25, 0.3) is 4.83 Å². The molecule has 22 heavy (non-hydrogen) atoms. The highest BCUT2D eigenvalue weighted by Crippen LogP contribution is 2.24. The first kappa shape index (κ1) is 15.0. The molecule has 0 spiro atoms. The molecule has 3 aromatic rings. The number of aromatic nitrogens is 2. The summed E-state index contributed by atoms with van der Waals surface area (Å²) in [5.74, 6) is -0.0649. The van der Waals surface area contributed by atoms with Crippen LogP contribution in [0.1, 0.15) is 16.6 Å². The van der Waals surface area contributed by atoms with E-state index in [4.69, 9.17) is 0 Å². The number of carbonyl (C=O) groups is 1. The summed E-state index contributed by atoms with van der Waals surface area (Å²) in [6, 6.07) is 11.4. The minimum absolute atomic E-state index is 0.116. The number of hydrogen-bond acceptors (Lipinski definition) is 4. The first-order valence-corrected chi connectivity index (χ1v) is 8.75. The fourth-order valence-corrected chi connectivity index (χ4v) is 4.18. The van der Waals surface area contributed by atoms with Gasteiger partial charge in [-0.25, -0.2) is 0 Å². The van der Waals surface area contributed by atoms with E-state index >= 15 is 0 Å². The maximum absolute atomic E-state index is 12.4. The molecule has 0 saturated carbocycles. The zero-order valence-electron chi connectivity index (χ0n) is 12.1. The number of rotatable bonds is 5. The SMILES string of the molecule is CC[n+]1ccccc1SCC(=O)c1sc2cccc[n+]2c1[O-]. The first-order valence-electron chi connectivity index (χ1n) is 6.95. The van der Waals surface area contributed by atoms with Gasteiger partial charge in [0, 0.05) is 24.3 Å². The molecule has 0 bridgehead atoms. The molecule has 3 aromatic heterocycles. The molecule has 0 aliphatic rings. The number of fused-ring (bicyclic) bond motifs is 1. The molecule has 0 aromatic carbocycles. The number of carbonyl (C=O) groups excluding carboxylic acids is 1. The number of nitrogens with zero attached hydrogens (tertiary/aromatic N) is 2. The van der Waals surface area contributed by atoms with Gasteiger partial charge in [-0.3, -0.25) is 4.79 Å². The van der Waals surface area contributed by atoms with Crippen molar-refractivity contribution in [1.82, 2.24) is 0 Å². The van der Waals surface area contributed by atoms with Crippen LogP contribution in [0.3, 0.4) is 0 Å². The molecule has 0 saturated heterocycles. The topological polar surface area (TPSA) is 48.1 Å². The van der Waals surface area contributed by atoms with Crippen LogP contribution in [0.4, 0.5) is 0 Å². The number of hydrogen-bond donors (Lipinski definition) is 0. The lowest BCUT2D eigenvalue weighted by atomic mass is 10.4. The molecule has 3 heterocycles. The minimum atomic E-state index is -0.220. The number of thioether (sulfide) groups is 1. The molecule has 0 fully saturated rings. The van der Waals surface area contributed by atoms with Gasteiger partial charge in [0.1, 0.15) is 11.4 Å². The van der Waals surface area contributed by atoms with Crippen molar-refractivity contribution < 1.29 is 18.9 Å². The Balaban J connectivity index is 1.80. The molecular formula is C16H15N2O2S2+. The zero-order chi connectivity index (χ0) is 15.5. The van der Waals surface area contributed by atoms with Crippen LogP contribution in [0.2, 0.25) is 0 Å². The van der Waals surface area contributed by atoms with E-state index in [-0.39, 0.29) is 17.4 Å². The molecular weight excluding hydrogens is 316 g/mol. The summed E-state index contributed by atoms with van der Waals surface area (Å²) in [7, 11) is 0. The smallest absolute Gasteiger partial charge is 0.267 e. The number of thiazole rings is 1. The van der Waals surface area contributed by atoms with Crippen LogP contribution in [0, 0.1) is 0 Å². The molecule has 0 unspecified atom stereocenters. The van der Waals surface area contributed by atoms with Crippen LogP contribution < -0.4 is 14.1 Å². The van der Waals surface area contributed by atoms with E-state index in [9.17, 15) is 9.90 Å². The Morgan fingerprint density at radius 1 is 1.23 bits per heavy atom. The van der Waals surface area contributed by atoms with Gasteiger partial charge in [0.15, 0.2) is 24.1 Å². The number of ketones is 1. The Morgan fingerprint density at radius 3 is 2.77 bits per heavy atom. The van der Waals surface area contributed by atoms with Crippen molar-refractivity contribution in [1.29, 1.82) is 0 Å². The van der Waals surface area contributed by atoms with Gasteiger partial charge in [-0.1, -0.05) is 11.3 Å². The van der Waals surface area contributed by atoms with Crippen LogP contribution in [0.15, 0.2) is 53.8 Å². The van der Waals surface area contributed by atoms with Gasteiger partial charge in [0.2, 0.25) is 5.03 Å². The summed E-state index contributed by atoms with van der Waals surface area (Å²) in [6.45, 7) is 2.91. The van der Waals surface area contributed by atoms with Crippen LogP contribution in [-0.2, 0) is 6.54 Å². The third-order valence-corrected chi connectivity index (χ3v) is 5.51. The van der Waals surface area contributed by atoms with Gasteiger partial charge in [-0.2, -0.15) is 8.97 Å². The van der Waals surface area contributed by atoms with Gasteiger partial charge in [-0.15, -0.1) is 0 Å². The molecule has 0 aliphatic heterocycles. The van der Waals surface area contributed by atoms with Gasteiger partial charge < -0.3 is 5.11 Å². The van der Waals surface area contributed by atoms with E-state index in [1.807, 2.05) is 36.5 Å². The summed E-state index contributed by atoms with van der Waals surface area (Å²) in [5.41, 5.74) is 0. The minimum Gasteiger partial charge on any atom is -0.822 e. The van der Waals surface area contributed by atoms with Gasteiger partial charge in [-0.05, 0) is 30.8 Å². The highest BCUT2D eigenvalue weighted by Gasteiger charge is 2.20. The Bertz CT molecular complexity index is 830. The molecule has 4 nitrogen and oxygen atoms in total. The predicted octanol–water partition coefficient (Wildman–Crippen LogP) is 1.84. The molecule has 112 valence electrons. The third kappa shape index (κ3) is 2.84. The van der Waals surface area contributed by atoms with Crippen molar-refractivity contribution in [3.05, 3.63) is 53.7 Å². The lowest BCUT2D eigenvalue weighted by Gasteiger charge is -2.01. The predicted molar refractivity (Wildman–Crippen MR) is 84.3 cm³/mol. The largest absolute Gasteiger partial charge is 0.822 e. The lowest BCUT2D eigenvalue weighted by Crippen LogP contribution is -2.34. The number of Topliss-reactive ketones (excluding diaryl/α,β-unsaturated/α-hetero) is 1. The first-order chi connectivity index (χ1) is 10.7. The summed E-state index contributed by atoms with van der Waals surface area (Å²) in [4.78, 5) is 13.5. The monoisotopic (exact) mass is 331 g/mol. The molecule has 0 amide bonds. The van der Waals surface area contributed by atoms with E-state index in [2.05, 4.69) is 11.5 Å². The molecule has 0 N–H and O–H groups in total. The second-order valence-corrected chi connectivity index (χ2v) is 6.71. The Kier molecular flexibility index (Phi) is 4.40. The number of aryl methyl sites for hydroxylation is 1. The van der Waals surface area contributed by atoms with E-state index in [0.717, 1.165) is 16.4 Å². The quantitative estimate of drug-likeness (QED) is 0.407. The van der Waals surface area contributed by atoms with Crippen molar-refractivity contribution in [2.24, 2.45) is 0 Å². The summed E-state index contributed by atoms with van der Waals surface area (Å²) >= 11 is 2.72. The standard InChI is InChI=1S/C16H15N2O2S2/c1-2-17-9-5-3-7-13(17)21-11-12(19)15-16(20)18-10-6-4-8-14(18)22-15/h3-10H,2,11H2,1H3/q+1. The second kappa shape index (κ2) is 6.46. The summed E-state index contributed by atoms with van der Waals surface area (Å²) < 4.78 is 3.60. The fraction of sp³-hybridized carbons (Fsp3) is 0.188. The normalized spacial score (nSPS) is 11.0. The zero-order valence-corrected chi connectivity index (χ0v) is 13.7. The summed E-state index contributed by atoms with van der Waals surface area (Å²) in [5, 5.41) is 13.3.